The van der Waals surface area contributed by atoms with Crippen molar-refractivity contribution in [3.05, 3.63) is 11.3 Å². The van der Waals surface area contributed by atoms with Gasteiger partial charge in [0.05, 0.1) is 0 Å². The monoisotopic (exact) mass is 314 g/mol. The first-order chi connectivity index (χ1) is 8.60. The molecule has 0 aliphatic carbocycles. The van der Waals surface area contributed by atoms with E-state index in [1.807, 2.05) is 0 Å². The first kappa shape index (κ1) is 15.0. The quantitative estimate of drug-likeness (QED) is 0.493. The standard InChI is InChI=1S/C12H20GeN2O3/c1-5-13(6-2,7-3)11-9(8-16)10(14-15-11)12(17)18-4/h8H,5-7H2,1-4H3,(H,14,15). The fraction of sp³-hybridized carbons (Fsp3) is 0.583. The number of aromatic nitrogens is 2. The van der Waals surface area contributed by atoms with E-state index < -0.39 is 19.2 Å². The van der Waals surface area contributed by atoms with Crippen molar-refractivity contribution in [2.45, 2.75) is 36.5 Å². The molecule has 0 aliphatic heterocycles. The van der Waals surface area contributed by atoms with Crippen LogP contribution < -0.4 is 4.53 Å². The van der Waals surface area contributed by atoms with Crippen molar-refractivity contribution in [1.29, 1.82) is 0 Å². The zero-order valence-corrected chi connectivity index (χ0v) is 13.5. The first-order valence-electron chi connectivity index (χ1n) is 6.22. The van der Waals surface area contributed by atoms with Gasteiger partial charge >= 0.3 is 109 Å². The van der Waals surface area contributed by atoms with Gasteiger partial charge in [-0.2, -0.15) is 0 Å². The van der Waals surface area contributed by atoms with Crippen LogP contribution in [0.4, 0.5) is 0 Å². The summed E-state index contributed by atoms with van der Waals surface area (Å²) in [5.74, 6) is -0.556. The fourth-order valence-corrected chi connectivity index (χ4v) is 9.96. The first-order valence-corrected chi connectivity index (χ1v) is 11.7. The molecule has 0 unspecified atom stereocenters. The third kappa shape index (κ3) is 2.36. The zero-order chi connectivity index (χ0) is 13.8. The molecule has 1 rings (SSSR count). The third-order valence-electron chi connectivity index (χ3n) is 3.86. The van der Waals surface area contributed by atoms with E-state index in [9.17, 15) is 9.59 Å². The van der Waals surface area contributed by atoms with E-state index in [2.05, 4.69) is 35.7 Å². The second kappa shape index (κ2) is 6.17. The van der Waals surface area contributed by atoms with Gasteiger partial charge in [0, 0.05) is 0 Å². The molecule has 0 radical (unpaired) electrons. The molecule has 0 aliphatic rings. The second-order valence-corrected chi connectivity index (χ2v) is 15.2. The number of hydrogen-bond donors (Lipinski definition) is 1. The Bertz CT molecular complexity index is 430. The maximum atomic E-state index is 11.6. The normalized spacial score (nSPS) is 11.3. The summed E-state index contributed by atoms with van der Waals surface area (Å²) in [7, 11) is 1.29. The topological polar surface area (TPSA) is 72.1 Å². The van der Waals surface area contributed by atoms with Gasteiger partial charge in [0.15, 0.2) is 0 Å². The van der Waals surface area contributed by atoms with E-state index in [-0.39, 0.29) is 5.69 Å². The summed E-state index contributed by atoms with van der Waals surface area (Å²) >= 11 is -2.32. The van der Waals surface area contributed by atoms with Gasteiger partial charge < -0.3 is 0 Å². The number of hydrogen-bond acceptors (Lipinski definition) is 4. The van der Waals surface area contributed by atoms with Gasteiger partial charge in [-0.15, -0.1) is 0 Å². The van der Waals surface area contributed by atoms with Crippen LogP contribution in [0.3, 0.4) is 0 Å². The Balaban J connectivity index is 3.37. The number of H-pyrrole nitrogens is 1. The van der Waals surface area contributed by atoms with Crippen LogP contribution >= 0.6 is 0 Å². The summed E-state index contributed by atoms with van der Waals surface area (Å²) in [6, 6.07) is 0. The molecule has 1 aromatic rings. The molecule has 0 saturated carbocycles. The van der Waals surface area contributed by atoms with Crippen LogP contribution in [0, 0.1) is 0 Å². The van der Waals surface area contributed by atoms with E-state index in [1.54, 1.807) is 0 Å². The number of nitrogens with one attached hydrogen (secondary N) is 1. The second-order valence-electron chi connectivity index (χ2n) is 4.31. The van der Waals surface area contributed by atoms with Crippen molar-refractivity contribution in [3.8, 4) is 0 Å². The molecule has 0 saturated heterocycles. The van der Waals surface area contributed by atoms with Crippen molar-refractivity contribution >= 4 is 30.0 Å². The van der Waals surface area contributed by atoms with Gasteiger partial charge in [-0.05, 0) is 0 Å². The molecule has 0 spiro atoms. The average Bonchev–Trinajstić information content (AvgIpc) is 2.85. The summed E-state index contributed by atoms with van der Waals surface area (Å²) < 4.78 is 5.57. The molecule has 0 aromatic carbocycles. The molecule has 0 fully saturated rings. The van der Waals surface area contributed by atoms with Crippen molar-refractivity contribution in [2.24, 2.45) is 0 Å². The van der Waals surface area contributed by atoms with Crippen LogP contribution in [0.25, 0.3) is 0 Å². The Morgan fingerprint density at radius 3 is 2.28 bits per heavy atom. The third-order valence-corrected chi connectivity index (χ3v) is 15.4. The Morgan fingerprint density at radius 2 is 1.89 bits per heavy atom. The molecule has 0 atom stereocenters. The van der Waals surface area contributed by atoms with Crippen molar-refractivity contribution in [1.82, 2.24) is 10.2 Å². The summed E-state index contributed by atoms with van der Waals surface area (Å²) in [5.41, 5.74) is 0.528. The van der Waals surface area contributed by atoms with Crippen LogP contribution in [0.2, 0.25) is 15.8 Å². The van der Waals surface area contributed by atoms with E-state index >= 15 is 0 Å². The van der Waals surface area contributed by atoms with E-state index in [4.69, 9.17) is 0 Å². The molecule has 0 bridgehead atoms. The Kier molecular flexibility index (Phi) is 5.13. The summed E-state index contributed by atoms with van der Waals surface area (Å²) in [5, 5.41) is 10.1. The molecular weight excluding hydrogens is 293 g/mol. The molecule has 1 N–H and O–H groups in total. The Morgan fingerprint density at radius 1 is 1.33 bits per heavy atom. The van der Waals surface area contributed by atoms with Gasteiger partial charge in [0.1, 0.15) is 0 Å². The van der Waals surface area contributed by atoms with E-state index in [0.717, 1.165) is 26.6 Å². The van der Waals surface area contributed by atoms with Crippen LogP contribution in [0.1, 0.15) is 41.6 Å². The Hall–Kier alpha value is -1.11. The van der Waals surface area contributed by atoms with Gasteiger partial charge in [0.2, 0.25) is 0 Å². The summed E-state index contributed by atoms with van der Waals surface area (Å²) in [6.45, 7) is 6.46. The van der Waals surface area contributed by atoms with Gasteiger partial charge in [0.25, 0.3) is 0 Å². The Labute approximate surface area is 110 Å². The average molecular weight is 313 g/mol. The summed E-state index contributed by atoms with van der Waals surface area (Å²) in [4.78, 5) is 22.8. The van der Waals surface area contributed by atoms with Gasteiger partial charge in [-0.25, -0.2) is 0 Å². The molecule has 0 amide bonds. The predicted molar refractivity (Wildman–Crippen MR) is 72.1 cm³/mol. The number of ether oxygens (including phenoxy) is 1. The fourth-order valence-electron chi connectivity index (χ4n) is 2.40. The number of rotatable bonds is 6. The minimum absolute atomic E-state index is 0.118. The van der Waals surface area contributed by atoms with Gasteiger partial charge in [-0.1, -0.05) is 0 Å². The molecular formula is C12H20GeN2O3. The number of aromatic amines is 1. The van der Waals surface area contributed by atoms with Gasteiger partial charge in [-0.3, -0.25) is 0 Å². The van der Waals surface area contributed by atoms with Crippen LogP contribution in [0.15, 0.2) is 0 Å². The van der Waals surface area contributed by atoms with Crippen LogP contribution in [-0.2, 0) is 4.74 Å². The molecule has 100 valence electrons. The molecule has 1 heterocycles. The maximum absolute atomic E-state index is 11.6. The van der Waals surface area contributed by atoms with Crippen molar-refractivity contribution in [3.63, 3.8) is 0 Å². The number of nitrogens with zero attached hydrogens (tertiary/aromatic N) is 1. The van der Waals surface area contributed by atoms with Crippen molar-refractivity contribution in [2.75, 3.05) is 7.11 Å². The number of methoxy groups -OCH3 is 1. The number of carbonyl (C=O) groups excluding carboxylic acids is 2. The zero-order valence-electron chi connectivity index (χ0n) is 11.4. The number of aldehydes is 1. The minimum atomic E-state index is -2.32. The molecule has 18 heavy (non-hydrogen) atoms. The van der Waals surface area contributed by atoms with Crippen LogP contribution in [-0.4, -0.2) is 42.8 Å². The molecule has 5 nitrogen and oxygen atoms in total. The number of esters is 1. The van der Waals surface area contributed by atoms with E-state index in [0.29, 0.717) is 5.56 Å². The molecule has 6 heteroatoms. The summed E-state index contributed by atoms with van der Waals surface area (Å²) in [6.07, 6.45) is 0.728. The number of carbonyl (C=O) groups is 2. The molecule has 1 aromatic heterocycles. The predicted octanol–water partition coefficient (Wildman–Crippen LogP) is 1.72. The SMILES string of the molecule is C[CH2][Ge]([CH2]C)([CH2]C)[c]1[nH]nc(C(=O)OC)c1C=O. The van der Waals surface area contributed by atoms with Crippen LogP contribution in [0.5, 0.6) is 0 Å². The van der Waals surface area contributed by atoms with Crippen molar-refractivity contribution < 1.29 is 14.3 Å². The van der Waals surface area contributed by atoms with E-state index in [1.165, 1.54) is 7.11 Å².